The molecule has 0 bridgehead atoms. The Morgan fingerprint density at radius 1 is 1.12 bits per heavy atom. The molecule has 1 N–H and O–H groups in total. The fraction of sp³-hybridized carbons (Fsp3) is 0.222. The van der Waals surface area contributed by atoms with E-state index in [0.717, 1.165) is 11.1 Å². The third kappa shape index (κ3) is 4.49. The Balaban J connectivity index is 2.09. The fourth-order valence-electron chi connectivity index (χ4n) is 2.30. The Bertz CT molecular complexity index is 780. The summed E-state index contributed by atoms with van der Waals surface area (Å²) in [5.74, 6) is -0.243. The zero-order valence-electron chi connectivity index (χ0n) is 13.6. The number of ketones is 1. The highest BCUT2D eigenvalue weighted by Gasteiger charge is 2.13. The Morgan fingerprint density at radius 2 is 1.83 bits per heavy atom. The van der Waals surface area contributed by atoms with Crippen molar-refractivity contribution in [1.82, 2.24) is 0 Å². The van der Waals surface area contributed by atoms with E-state index in [2.05, 4.69) is 5.32 Å². The molecule has 2 aromatic carbocycles. The number of anilines is 1. The van der Waals surface area contributed by atoms with Crippen LogP contribution in [0.1, 0.15) is 28.4 Å². The summed E-state index contributed by atoms with van der Waals surface area (Å²) in [4.78, 5) is 23.7. The van der Waals surface area contributed by atoms with Crippen LogP contribution >= 0.6 is 23.2 Å². The first-order valence-electron chi connectivity index (χ1n) is 7.28. The molecule has 24 heavy (non-hydrogen) atoms. The van der Waals surface area contributed by atoms with E-state index in [1.54, 1.807) is 18.2 Å². The van der Waals surface area contributed by atoms with E-state index in [1.807, 2.05) is 19.9 Å². The quantitative estimate of drug-likeness (QED) is 0.771. The molecular formula is C18H17Cl2NO3. The van der Waals surface area contributed by atoms with Gasteiger partial charge in [-0.15, -0.1) is 0 Å². The van der Waals surface area contributed by atoms with E-state index in [0.29, 0.717) is 27.0 Å². The molecule has 0 saturated carbocycles. The lowest BCUT2D eigenvalue weighted by molar-refractivity contribution is -0.118. The largest absolute Gasteiger partial charge is 0.483 e. The lowest BCUT2D eigenvalue weighted by Crippen LogP contribution is -2.21. The second-order valence-corrected chi connectivity index (χ2v) is 6.32. The first kappa shape index (κ1) is 18.3. The number of Topliss-reactive ketones (excluding diaryl/α,β-unsaturated/α-hetero) is 1. The van der Waals surface area contributed by atoms with Gasteiger partial charge in [0.1, 0.15) is 5.75 Å². The molecule has 4 nitrogen and oxygen atoms in total. The molecule has 0 radical (unpaired) electrons. The Morgan fingerprint density at radius 3 is 2.46 bits per heavy atom. The van der Waals surface area contributed by atoms with Gasteiger partial charge in [0.25, 0.3) is 5.91 Å². The second-order valence-electron chi connectivity index (χ2n) is 5.47. The maximum absolute atomic E-state index is 12.1. The van der Waals surface area contributed by atoms with Crippen molar-refractivity contribution in [3.8, 4) is 5.75 Å². The zero-order valence-corrected chi connectivity index (χ0v) is 15.1. The first-order valence-corrected chi connectivity index (χ1v) is 8.03. The Hall–Kier alpha value is -2.04. The third-order valence-electron chi connectivity index (χ3n) is 3.38. The number of carbonyl (C=O) groups is 2. The summed E-state index contributed by atoms with van der Waals surface area (Å²) in [6, 6.07) is 8.38. The van der Waals surface area contributed by atoms with Crippen molar-refractivity contribution in [3.05, 3.63) is 57.1 Å². The van der Waals surface area contributed by atoms with Crippen LogP contribution in [0.5, 0.6) is 5.75 Å². The molecule has 0 aliphatic rings. The van der Waals surface area contributed by atoms with Gasteiger partial charge in [0.05, 0.1) is 16.3 Å². The summed E-state index contributed by atoms with van der Waals surface area (Å²) in [6.45, 7) is 4.96. The molecule has 0 spiro atoms. The van der Waals surface area contributed by atoms with Gasteiger partial charge < -0.3 is 10.1 Å². The smallest absolute Gasteiger partial charge is 0.262 e. The molecule has 0 unspecified atom stereocenters. The highest BCUT2D eigenvalue weighted by Crippen LogP contribution is 2.27. The maximum Gasteiger partial charge on any atom is 0.262 e. The van der Waals surface area contributed by atoms with Crippen molar-refractivity contribution in [3.63, 3.8) is 0 Å². The van der Waals surface area contributed by atoms with E-state index in [4.69, 9.17) is 27.9 Å². The standard InChI is InChI=1S/C18H17Cl2NO3/c1-10-6-11(2)18(15(20)7-10)21-17(23)9-24-16-5-4-13(19)8-14(16)12(3)22/h4-8H,9H2,1-3H3,(H,21,23). The van der Waals surface area contributed by atoms with Gasteiger partial charge in [0.2, 0.25) is 0 Å². The minimum atomic E-state index is -0.367. The number of nitrogens with one attached hydrogen (secondary N) is 1. The highest BCUT2D eigenvalue weighted by atomic mass is 35.5. The molecule has 0 aliphatic carbocycles. The Labute approximate surface area is 150 Å². The van der Waals surface area contributed by atoms with Gasteiger partial charge in [-0.2, -0.15) is 0 Å². The Kier molecular flexibility index (Phi) is 5.86. The average molecular weight is 366 g/mol. The minimum absolute atomic E-state index is 0.190. The van der Waals surface area contributed by atoms with Gasteiger partial charge in [-0.3, -0.25) is 9.59 Å². The van der Waals surface area contributed by atoms with E-state index >= 15 is 0 Å². The maximum atomic E-state index is 12.1. The van der Waals surface area contributed by atoms with Gasteiger partial charge in [0, 0.05) is 5.02 Å². The van der Waals surface area contributed by atoms with Crippen LogP contribution in [0.15, 0.2) is 30.3 Å². The van der Waals surface area contributed by atoms with Crippen LogP contribution in [0.4, 0.5) is 5.69 Å². The number of ether oxygens (including phenoxy) is 1. The van der Waals surface area contributed by atoms with Crippen LogP contribution in [0.25, 0.3) is 0 Å². The van der Waals surface area contributed by atoms with Gasteiger partial charge in [0.15, 0.2) is 12.4 Å². The van der Waals surface area contributed by atoms with E-state index in [9.17, 15) is 9.59 Å². The third-order valence-corrected chi connectivity index (χ3v) is 3.91. The predicted molar refractivity (Wildman–Crippen MR) is 96.5 cm³/mol. The molecule has 6 heteroatoms. The van der Waals surface area contributed by atoms with E-state index < -0.39 is 0 Å². The normalized spacial score (nSPS) is 10.4. The number of halogens is 2. The van der Waals surface area contributed by atoms with E-state index in [1.165, 1.54) is 13.0 Å². The van der Waals surface area contributed by atoms with Gasteiger partial charge in [-0.25, -0.2) is 0 Å². The molecule has 0 heterocycles. The number of aryl methyl sites for hydroxylation is 2. The number of benzene rings is 2. The van der Waals surface area contributed by atoms with Gasteiger partial charge in [-0.05, 0) is 56.2 Å². The van der Waals surface area contributed by atoms with Crippen LogP contribution < -0.4 is 10.1 Å². The average Bonchev–Trinajstić information content (AvgIpc) is 2.49. The number of hydrogen-bond acceptors (Lipinski definition) is 3. The molecule has 0 atom stereocenters. The minimum Gasteiger partial charge on any atom is -0.483 e. The second kappa shape index (κ2) is 7.69. The van der Waals surface area contributed by atoms with Crippen molar-refractivity contribution >= 4 is 40.6 Å². The fourth-order valence-corrected chi connectivity index (χ4v) is 2.84. The number of carbonyl (C=O) groups excluding carboxylic acids is 2. The first-order chi connectivity index (χ1) is 11.3. The molecule has 0 aliphatic heterocycles. The molecular weight excluding hydrogens is 349 g/mol. The van der Waals surface area contributed by atoms with Crippen molar-refractivity contribution in [1.29, 1.82) is 0 Å². The molecule has 0 saturated heterocycles. The molecule has 0 aromatic heterocycles. The van der Waals surface area contributed by atoms with E-state index in [-0.39, 0.29) is 18.3 Å². The van der Waals surface area contributed by atoms with Crippen molar-refractivity contribution in [2.24, 2.45) is 0 Å². The zero-order chi connectivity index (χ0) is 17.9. The van der Waals surface area contributed by atoms with Crippen LogP contribution in [0.2, 0.25) is 10.0 Å². The molecule has 2 rings (SSSR count). The van der Waals surface area contributed by atoms with Crippen LogP contribution in [-0.2, 0) is 4.79 Å². The summed E-state index contributed by atoms with van der Waals surface area (Å²) in [7, 11) is 0. The predicted octanol–water partition coefficient (Wildman–Crippen LogP) is 4.83. The van der Waals surface area contributed by atoms with Gasteiger partial charge >= 0.3 is 0 Å². The molecule has 126 valence electrons. The summed E-state index contributed by atoms with van der Waals surface area (Å²) in [5, 5.41) is 3.63. The lowest BCUT2D eigenvalue weighted by Gasteiger charge is -2.13. The molecule has 0 fully saturated rings. The lowest BCUT2D eigenvalue weighted by atomic mass is 10.1. The highest BCUT2D eigenvalue weighted by molar-refractivity contribution is 6.34. The van der Waals surface area contributed by atoms with Crippen molar-refractivity contribution in [2.75, 3.05) is 11.9 Å². The van der Waals surface area contributed by atoms with Crippen LogP contribution in [0, 0.1) is 13.8 Å². The summed E-state index contributed by atoms with van der Waals surface area (Å²) in [5.41, 5.74) is 2.77. The van der Waals surface area contributed by atoms with Crippen molar-refractivity contribution in [2.45, 2.75) is 20.8 Å². The summed E-state index contributed by atoms with van der Waals surface area (Å²) >= 11 is 12.0. The number of rotatable bonds is 5. The summed E-state index contributed by atoms with van der Waals surface area (Å²) in [6.07, 6.45) is 0. The van der Waals surface area contributed by atoms with Crippen molar-refractivity contribution < 1.29 is 14.3 Å². The molecule has 2 aromatic rings. The van der Waals surface area contributed by atoms with Crippen LogP contribution in [0.3, 0.4) is 0 Å². The van der Waals surface area contributed by atoms with Gasteiger partial charge in [-0.1, -0.05) is 29.3 Å². The summed E-state index contributed by atoms with van der Waals surface area (Å²) < 4.78 is 5.46. The monoisotopic (exact) mass is 365 g/mol. The number of hydrogen-bond donors (Lipinski definition) is 1. The van der Waals surface area contributed by atoms with Crippen LogP contribution in [-0.4, -0.2) is 18.3 Å². The SMILES string of the molecule is CC(=O)c1cc(Cl)ccc1OCC(=O)Nc1c(C)cc(C)cc1Cl. The number of amides is 1. The molecule has 1 amide bonds. The topological polar surface area (TPSA) is 55.4 Å².